The van der Waals surface area contributed by atoms with Crippen molar-refractivity contribution in [2.45, 2.75) is 26.2 Å². The smallest absolute Gasteiger partial charge is 0.154 e. The zero-order valence-corrected chi connectivity index (χ0v) is 17.5. The Kier molecular flexibility index (Phi) is 7.40. The Morgan fingerprint density at radius 1 is 1.17 bits per heavy atom. The van der Waals surface area contributed by atoms with Gasteiger partial charge in [0.05, 0.1) is 17.2 Å². The van der Waals surface area contributed by atoms with Crippen LogP contribution < -0.4 is 10.6 Å². The van der Waals surface area contributed by atoms with Crippen LogP contribution in [-0.2, 0) is 4.74 Å². The lowest BCUT2D eigenvalue weighted by molar-refractivity contribution is 0.195. The molecule has 0 radical (unpaired) electrons. The van der Waals surface area contributed by atoms with Crippen molar-refractivity contribution in [2.75, 3.05) is 25.6 Å². The number of aromatic nitrogens is 4. The number of nitrogens with one attached hydrogen (secondary N) is 3. The number of anilines is 2. The van der Waals surface area contributed by atoms with Gasteiger partial charge in [-0.2, -0.15) is 5.10 Å². The number of allylic oxidation sites excluding steroid dienone is 1. The summed E-state index contributed by atoms with van der Waals surface area (Å²) in [4.78, 5) is 9.15. The summed E-state index contributed by atoms with van der Waals surface area (Å²) >= 11 is 0. The minimum atomic E-state index is 0.367. The normalized spacial score (nSPS) is 11.7. The molecule has 0 aliphatic carbocycles. The van der Waals surface area contributed by atoms with Gasteiger partial charge in [-0.3, -0.25) is 4.98 Å². The Morgan fingerprint density at radius 2 is 2.03 bits per heavy atom. The molecule has 0 saturated heterocycles. The number of hydrogen-bond donors (Lipinski definition) is 3. The van der Waals surface area contributed by atoms with Gasteiger partial charge in [-0.15, -0.1) is 5.10 Å². The van der Waals surface area contributed by atoms with Crippen molar-refractivity contribution < 1.29 is 4.74 Å². The summed E-state index contributed by atoms with van der Waals surface area (Å²) in [6, 6.07) is 7.68. The number of rotatable bonds is 10. The van der Waals surface area contributed by atoms with Gasteiger partial charge < -0.3 is 20.8 Å². The lowest BCUT2D eigenvalue weighted by Gasteiger charge is -2.09. The quantitative estimate of drug-likeness (QED) is 0.347. The topological polar surface area (TPSA) is 109 Å². The van der Waals surface area contributed by atoms with Gasteiger partial charge in [0.1, 0.15) is 5.82 Å². The second-order valence-electron chi connectivity index (χ2n) is 7.16. The van der Waals surface area contributed by atoms with E-state index >= 15 is 0 Å². The van der Waals surface area contributed by atoms with E-state index in [0.29, 0.717) is 24.2 Å². The maximum atomic E-state index is 7.73. The van der Waals surface area contributed by atoms with Gasteiger partial charge in [0.2, 0.25) is 0 Å². The first kappa shape index (κ1) is 21.3. The minimum absolute atomic E-state index is 0.367. The number of hydrogen-bond acceptors (Lipinski definition) is 8. The molecule has 0 aliphatic heterocycles. The van der Waals surface area contributed by atoms with Crippen LogP contribution >= 0.6 is 0 Å². The molecule has 3 rings (SSSR count). The van der Waals surface area contributed by atoms with Crippen molar-refractivity contribution in [3.63, 3.8) is 0 Å². The van der Waals surface area contributed by atoms with Crippen molar-refractivity contribution in [1.82, 2.24) is 25.5 Å². The van der Waals surface area contributed by atoms with Gasteiger partial charge in [-0.1, -0.05) is 13.8 Å². The van der Waals surface area contributed by atoms with Crippen LogP contribution in [0.25, 0.3) is 16.6 Å². The molecule has 3 aromatic heterocycles. The molecule has 0 amide bonds. The highest BCUT2D eigenvalue weighted by Crippen LogP contribution is 2.21. The first-order valence-electron chi connectivity index (χ1n) is 9.90. The molecule has 3 aromatic rings. The van der Waals surface area contributed by atoms with Crippen molar-refractivity contribution >= 4 is 34.5 Å². The fraction of sp³-hybridized carbons (Fsp3) is 0.318. The summed E-state index contributed by atoms with van der Waals surface area (Å²) in [7, 11) is 1.68. The summed E-state index contributed by atoms with van der Waals surface area (Å²) in [5.41, 5.74) is 4.18. The van der Waals surface area contributed by atoms with Crippen molar-refractivity contribution in [2.24, 2.45) is 0 Å². The Bertz CT molecular complexity index is 1030. The van der Waals surface area contributed by atoms with Crippen molar-refractivity contribution in [3.8, 4) is 0 Å². The van der Waals surface area contributed by atoms with Gasteiger partial charge in [0.25, 0.3) is 0 Å². The summed E-state index contributed by atoms with van der Waals surface area (Å²) < 4.78 is 5.04. The Labute approximate surface area is 176 Å². The van der Waals surface area contributed by atoms with Gasteiger partial charge in [0, 0.05) is 50.0 Å². The van der Waals surface area contributed by atoms with E-state index < -0.39 is 0 Å². The number of ether oxygens (including phenoxy) is 1. The molecule has 3 N–H and O–H groups in total. The standard InChI is InChI=1S/C22H27N7O/c1-15(2)16-10-22(29-26-14-16)28-21-6-5-19-20(27-21)9-17(13-25-19)18(11-23)12-24-7-4-8-30-3/h5-6,9-15,23-24H,4,7-8H2,1-3H3,(H,27,28,29)/b18-12+,23-11?. The van der Waals surface area contributed by atoms with E-state index in [4.69, 9.17) is 10.1 Å². The predicted molar refractivity (Wildman–Crippen MR) is 120 cm³/mol. The van der Waals surface area contributed by atoms with Crippen LogP contribution in [-0.4, -0.2) is 46.6 Å². The van der Waals surface area contributed by atoms with Crippen LogP contribution in [0.2, 0.25) is 0 Å². The molecule has 30 heavy (non-hydrogen) atoms. The molecule has 8 heteroatoms. The van der Waals surface area contributed by atoms with E-state index in [1.54, 1.807) is 19.5 Å². The third kappa shape index (κ3) is 5.57. The third-order valence-electron chi connectivity index (χ3n) is 4.55. The number of nitrogens with zero attached hydrogens (tertiary/aromatic N) is 4. The molecule has 8 nitrogen and oxygen atoms in total. The molecule has 156 valence electrons. The van der Waals surface area contributed by atoms with E-state index in [1.165, 1.54) is 6.21 Å². The molecule has 0 spiro atoms. The third-order valence-corrected chi connectivity index (χ3v) is 4.55. The predicted octanol–water partition coefficient (Wildman–Crippen LogP) is 3.90. The maximum absolute atomic E-state index is 7.73. The summed E-state index contributed by atoms with van der Waals surface area (Å²) in [5, 5.41) is 22.4. The minimum Gasteiger partial charge on any atom is -0.390 e. The van der Waals surface area contributed by atoms with Crippen LogP contribution in [0.1, 0.15) is 37.3 Å². The fourth-order valence-corrected chi connectivity index (χ4v) is 2.83. The molecule has 3 heterocycles. The second-order valence-corrected chi connectivity index (χ2v) is 7.16. The van der Waals surface area contributed by atoms with Gasteiger partial charge in [-0.25, -0.2) is 4.98 Å². The van der Waals surface area contributed by atoms with Crippen LogP contribution in [0.15, 0.2) is 42.9 Å². The number of fused-ring (bicyclic) bond motifs is 1. The fourth-order valence-electron chi connectivity index (χ4n) is 2.83. The average molecular weight is 406 g/mol. The molecule has 0 unspecified atom stereocenters. The van der Waals surface area contributed by atoms with E-state index in [1.807, 2.05) is 30.5 Å². The molecule has 0 aromatic carbocycles. The van der Waals surface area contributed by atoms with Crippen LogP contribution in [0.4, 0.5) is 11.6 Å². The highest BCUT2D eigenvalue weighted by molar-refractivity contribution is 6.08. The Balaban J connectivity index is 1.80. The molecule has 0 saturated carbocycles. The monoisotopic (exact) mass is 405 g/mol. The summed E-state index contributed by atoms with van der Waals surface area (Å²) in [5.74, 6) is 1.68. The van der Waals surface area contributed by atoms with E-state index in [9.17, 15) is 0 Å². The molecule has 0 bridgehead atoms. The molecule has 0 fully saturated rings. The highest BCUT2D eigenvalue weighted by atomic mass is 16.5. The largest absolute Gasteiger partial charge is 0.390 e. The van der Waals surface area contributed by atoms with Gasteiger partial charge in [0.15, 0.2) is 5.82 Å². The van der Waals surface area contributed by atoms with Crippen LogP contribution in [0.3, 0.4) is 0 Å². The van der Waals surface area contributed by atoms with E-state index in [0.717, 1.165) is 40.7 Å². The first-order chi connectivity index (χ1) is 14.6. The molecular weight excluding hydrogens is 378 g/mol. The Hall–Kier alpha value is -3.39. The Morgan fingerprint density at radius 3 is 2.80 bits per heavy atom. The average Bonchev–Trinajstić information content (AvgIpc) is 2.76. The lowest BCUT2D eigenvalue weighted by atomic mass is 10.1. The second kappa shape index (κ2) is 10.4. The molecule has 0 aliphatic rings. The van der Waals surface area contributed by atoms with Crippen LogP contribution in [0.5, 0.6) is 0 Å². The number of methoxy groups -OCH3 is 1. The summed E-state index contributed by atoms with van der Waals surface area (Å²) in [6.07, 6.45) is 7.55. The zero-order chi connectivity index (χ0) is 21.3. The molecular formula is C22H27N7O. The zero-order valence-electron chi connectivity index (χ0n) is 17.5. The first-order valence-corrected chi connectivity index (χ1v) is 9.90. The highest BCUT2D eigenvalue weighted by Gasteiger charge is 2.07. The van der Waals surface area contributed by atoms with Gasteiger partial charge >= 0.3 is 0 Å². The lowest BCUT2D eigenvalue weighted by Crippen LogP contribution is -2.10. The van der Waals surface area contributed by atoms with Gasteiger partial charge in [-0.05, 0) is 42.2 Å². The summed E-state index contributed by atoms with van der Waals surface area (Å²) in [6.45, 7) is 5.70. The SMILES string of the molecule is COCCCN/C=C(\C=N)c1cnc2ccc(Nc3cc(C(C)C)cnn3)nc2c1. The molecule has 0 atom stereocenters. The van der Waals surface area contributed by atoms with Crippen molar-refractivity contribution in [3.05, 3.63) is 54.0 Å². The van der Waals surface area contributed by atoms with Crippen LogP contribution in [0, 0.1) is 5.41 Å². The van der Waals surface area contributed by atoms with Crippen molar-refractivity contribution in [1.29, 1.82) is 5.41 Å². The number of pyridine rings is 2. The van der Waals surface area contributed by atoms with E-state index in [2.05, 4.69) is 44.6 Å². The van der Waals surface area contributed by atoms with E-state index in [-0.39, 0.29) is 0 Å². The maximum Gasteiger partial charge on any atom is 0.154 e.